The van der Waals surface area contributed by atoms with Crippen molar-refractivity contribution in [2.45, 2.75) is 36.0 Å². The minimum Gasteiger partial charge on any atom is -0.350 e. The smallest absolute Gasteiger partial charge is 0.251 e. The van der Waals surface area contributed by atoms with Gasteiger partial charge in [-0.25, -0.2) is 9.97 Å². The molecule has 0 unspecified atom stereocenters. The van der Waals surface area contributed by atoms with Crippen molar-refractivity contribution < 1.29 is 4.79 Å². The lowest BCUT2D eigenvalue weighted by atomic mass is 10.4. The Bertz CT molecular complexity index is 756. The first-order chi connectivity index (χ1) is 10.9. The number of aromatic amines is 1. The molecule has 0 aliphatic carbocycles. The molecule has 0 saturated carbocycles. The minimum atomic E-state index is -0.367. The first-order valence-electron chi connectivity index (χ1n) is 6.97. The minimum absolute atomic E-state index is 0.119. The summed E-state index contributed by atoms with van der Waals surface area (Å²) in [4.78, 5) is 34.7. The maximum atomic E-state index is 12.2. The summed E-state index contributed by atoms with van der Waals surface area (Å²) in [5.41, 5.74) is 1.34. The van der Waals surface area contributed by atoms with Crippen LogP contribution in [0.25, 0.3) is 0 Å². The molecule has 7 nitrogen and oxygen atoms in total. The summed E-state index contributed by atoms with van der Waals surface area (Å²) in [7, 11) is 1.92. The predicted molar refractivity (Wildman–Crippen MR) is 91.7 cm³/mol. The highest BCUT2D eigenvalue weighted by Crippen LogP contribution is 2.18. The van der Waals surface area contributed by atoms with Crippen molar-refractivity contribution in [2.24, 2.45) is 7.05 Å². The van der Waals surface area contributed by atoms with Crippen LogP contribution in [-0.4, -0.2) is 36.9 Å². The third-order valence-electron chi connectivity index (χ3n) is 3.17. The van der Waals surface area contributed by atoms with Gasteiger partial charge in [-0.1, -0.05) is 23.5 Å². The molecule has 1 amide bonds. The van der Waals surface area contributed by atoms with Gasteiger partial charge in [0.1, 0.15) is 0 Å². The highest BCUT2D eigenvalue weighted by Gasteiger charge is 2.16. The second-order valence-electron chi connectivity index (χ2n) is 4.97. The zero-order valence-corrected chi connectivity index (χ0v) is 15.0. The summed E-state index contributed by atoms with van der Waals surface area (Å²) in [5.74, 6) is -0.119. The van der Waals surface area contributed by atoms with E-state index in [2.05, 4.69) is 20.3 Å². The van der Waals surface area contributed by atoms with Crippen LogP contribution in [0, 0.1) is 6.92 Å². The maximum absolute atomic E-state index is 12.2. The molecule has 0 fully saturated rings. The van der Waals surface area contributed by atoms with Crippen molar-refractivity contribution in [2.75, 3.05) is 6.26 Å². The van der Waals surface area contributed by atoms with E-state index in [-0.39, 0.29) is 16.7 Å². The van der Waals surface area contributed by atoms with Gasteiger partial charge in [0.05, 0.1) is 23.7 Å². The van der Waals surface area contributed by atoms with Gasteiger partial charge >= 0.3 is 0 Å². The molecule has 0 saturated heterocycles. The van der Waals surface area contributed by atoms with E-state index in [1.807, 2.05) is 17.9 Å². The molecule has 2 N–H and O–H groups in total. The number of amides is 1. The number of rotatable bonds is 6. The molecule has 0 bridgehead atoms. The summed E-state index contributed by atoms with van der Waals surface area (Å²) < 4.78 is 1.95. The third-order valence-corrected chi connectivity index (χ3v) is 4.90. The van der Waals surface area contributed by atoms with Crippen LogP contribution < -0.4 is 10.9 Å². The largest absolute Gasteiger partial charge is 0.350 e. The SMILES string of the molecule is CSc1ncc(CNC(=O)[C@@H](C)Sc2nc(C)cc(=O)[nH]2)n1C. The van der Waals surface area contributed by atoms with Crippen LogP contribution in [0.4, 0.5) is 0 Å². The number of nitrogens with one attached hydrogen (secondary N) is 2. The number of imidazole rings is 1. The summed E-state index contributed by atoms with van der Waals surface area (Å²) in [6, 6.07) is 1.42. The maximum Gasteiger partial charge on any atom is 0.251 e. The van der Waals surface area contributed by atoms with Gasteiger partial charge in [-0.2, -0.15) is 0 Å². The third kappa shape index (κ3) is 4.61. The summed E-state index contributed by atoms with van der Waals surface area (Å²) >= 11 is 2.78. The molecule has 2 aromatic heterocycles. The van der Waals surface area contributed by atoms with Crippen LogP contribution in [-0.2, 0) is 18.4 Å². The standard InChI is InChI=1S/C14H19N5O2S2/c1-8-5-11(20)18-13(17-8)23-9(2)12(21)15-6-10-7-16-14(22-4)19(10)3/h5,7,9H,6H2,1-4H3,(H,15,21)(H,17,18,20)/t9-/m1/s1. The number of carbonyl (C=O) groups excluding carboxylic acids is 1. The fourth-order valence-corrected chi connectivity index (χ4v) is 3.36. The Hall–Kier alpha value is -1.74. The van der Waals surface area contributed by atoms with Crippen LogP contribution in [0.15, 0.2) is 27.4 Å². The van der Waals surface area contributed by atoms with Gasteiger partial charge < -0.3 is 14.9 Å². The topological polar surface area (TPSA) is 92.7 Å². The Kier molecular flexibility index (Phi) is 5.89. The second-order valence-corrected chi connectivity index (χ2v) is 7.07. The van der Waals surface area contributed by atoms with E-state index < -0.39 is 0 Å². The van der Waals surface area contributed by atoms with Gasteiger partial charge in [0.25, 0.3) is 5.56 Å². The normalized spacial score (nSPS) is 12.2. The van der Waals surface area contributed by atoms with Crippen molar-refractivity contribution in [3.63, 3.8) is 0 Å². The van der Waals surface area contributed by atoms with Gasteiger partial charge in [0.15, 0.2) is 10.3 Å². The number of hydrogen-bond donors (Lipinski definition) is 2. The molecule has 0 aliphatic rings. The molecule has 0 radical (unpaired) electrons. The fraction of sp³-hybridized carbons (Fsp3) is 0.429. The Labute approximate surface area is 142 Å². The number of H-pyrrole nitrogens is 1. The summed E-state index contributed by atoms with van der Waals surface area (Å²) in [6.45, 7) is 3.93. The number of thioether (sulfide) groups is 2. The Balaban J connectivity index is 1.94. The molecular weight excluding hydrogens is 334 g/mol. The van der Waals surface area contributed by atoms with Crippen LogP contribution >= 0.6 is 23.5 Å². The van der Waals surface area contributed by atoms with E-state index in [4.69, 9.17) is 0 Å². The van der Waals surface area contributed by atoms with Gasteiger partial charge in [-0.15, -0.1) is 0 Å². The lowest BCUT2D eigenvalue weighted by Crippen LogP contribution is -2.31. The van der Waals surface area contributed by atoms with Gasteiger partial charge in [-0.05, 0) is 20.1 Å². The molecule has 23 heavy (non-hydrogen) atoms. The number of nitrogens with zero attached hydrogens (tertiary/aromatic N) is 3. The highest BCUT2D eigenvalue weighted by molar-refractivity contribution is 8.00. The van der Waals surface area contributed by atoms with Crippen LogP contribution in [0.2, 0.25) is 0 Å². The Morgan fingerprint density at radius 1 is 1.52 bits per heavy atom. The highest BCUT2D eigenvalue weighted by atomic mass is 32.2. The lowest BCUT2D eigenvalue weighted by Gasteiger charge is -2.12. The Morgan fingerprint density at radius 2 is 2.26 bits per heavy atom. The summed E-state index contributed by atoms with van der Waals surface area (Å²) in [6.07, 6.45) is 3.71. The second kappa shape index (κ2) is 7.69. The van der Waals surface area contributed by atoms with E-state index in [1.165, 1.54) is 17.8 Å². The predicted octanol–water partition coefficient (Wildman–Crippen LogP) is 1.33. The molecule has 2 rings (SSSR count). The van der Waals surface area contributed by atoms with Crippen LogP contribution in [0.1, 0.15) is 18.3 Å². The van der Waals surface area contributed by atoms with Crippen LogP contribution in [0.5, 0.6) is 0 Å². The van der Waals surface area contributed by atoms with Gasteiger partial charge in [0, 0.05) is 18.8 Å². The summed E-state index contributed by atoms with van der Waals surface area (Å²) in [5, 5.41) is 3.86. The zero-order valence-electron chi connectivity index (χ0n) is 13.4. The Morgan fingerprint density at radius 3 is 2.87 bits per heavy atom. The number of aromatic nitrogens is 4. The molecule has 124 valence electrons. The van der Waals surface area contributed by atoms with E-state index in [0.717, 1.165) is 10.9 Å². The molecule has 2 heterocycles. The quantitative estimate of drug-likeness (QED) is 0.601. The monoisotopic (exact) mass is 353 g/mol. The molecule has 0 aliphatic heterocycles. The molecule has 0 spiro atoms. The fourth-order valence-electron chi connectivity index (χ4n) is 1.93. The van der Waals surface area contributed by atoms with Gasteiger partial charge in [-0.3, -0.25) is 9.59 Å². The zero-order chi connectivity index (χ0) is 17.0. The van der Waals surface area contributed by atoms with Crippen molar-refractivity contribution in [3.05, 3.63) is 34.0 Å². The van der Waals surface area contributed by atoms with Crippen molar-refractivity contribution in [3.8, 4) is 0 Å². The number of aryl methyl sites for hydroxylation is 1. The van der Waals surface area contributed by atoms with Gasteiger partial charge in [0.2, 0.25) is 5.91 Å². The van der Waals surface area contributed by atoms with E-state index in [0.29, 0.717) is 17.4 Å². The first kappa shape index (κ1) is 17.6. The van der Waals surface area contributed by atoms with Crippen molar-refractivity contribution in [1.82, 2.24) is 24.8 Å². The molecule has 2 aromatic rings. The average Bonchev–Trinajstić information content (AvgIpc) is 2.83. The van der Waals surface area contributed by atoms with E-state index >= 15 is 0 Å². The average molecular weight is 353 g/mol. The van der Waals surface area contributed by atoms with Crippen molar-refractivity contribution >= 4 is 29.4 Å². The van der Waals surface area contributed by atoms with Crippen molar-refractivity contribution in [1.29, 1.82) is 0 Å². The molecular formula is C14H19N5O2S2. The number of hydrogen-bond acceptors (Lipinski definition) is 6. The first-order valence-corrected chi connectivity index (χ1v) is 9.08. The lowest BCUT2D eigenvalue weighted by molar-refractivity contribution is -0.120. The van der Waals surface area contributed by atoms with Crippen LogP contribution in [0.3, 0.4) is 0 Å². The molecule has 0 aromatic carbocycles. The molecule has 9 heteroatoms. The number of carbonyl (C=O) groups is 1. The van der Waals surface area contributed by atoms with E-state index in [1.54, 1.807) is 31.8 Å². The molecule has 1 atom stereocenters. The van der Waals surface area contributed by atoms with E-state index in [9.17, 15) is 9.59 Å².